The van der Waals surface area contributed by atoms with E-state index in [0.29, 0.717) is 19.3 Å². The zero-order chi connectivity index (χ0) is 54.1. The van der Waals surface area contributed by atoms with Crippen molar-refractivity contribution >= 4 is 25.7 Å². The van der Waals surface area contributed by atoms with Crippen molar-refractivity contribution in [2.75, 3.05) is 26.4 Å². The molecule has 0 aromatic carbocycles. The molecule has 0 radical (unpaired) electrons. The molecule has 0 heterocycles. The van der Waals surface area contributed by atoms with Crippen LogP contribution in [0.4, 0.5) is 0 Å². The van der Waals surface area contributed by atoms with E-state index in [1.807, 2.05) is 0 Å². The van der Waals surface area contributed by atoms with E-state index < -0.39 is 57.8 Å². The van der Waals surface area contributed by atoms with Gasteiger partial charge in [-0.25, -0.2) is 4.57 Å². The molecule has 0 amide bonds. The summed E-state index contributed by atoms with van der Waals surface area (Å²) in [5.41, 5.74) is 0. The van der Waals surface area contributed by atoms with Crippen LogP contribution in [0.25, 0.3) is 0 Å². The summed E-state index contributed by atoms with van der Waals surface area (Å²) in [7, 11) is -4.75. The number of aliphatic hydroxyl groups excluding tert-OH is 1. The van der Waals surface area contributed by atoms with Gasteiger partial charge in [-0.1, -0.05) is 243 Å². The average Bonchev–Trinajstić information content (AvgIpc) is 3.39. The first-order valence-corrected chi connectivity index (χ1v) is 32.4. The van der Waals surface area contributed by atoms with Crippen LogP contribution in [0.5, 0.6) is 0 Å². The molecule has 0 bridgehead atoms. The van der Waals surface area contributed by atoms with E-state index in [0.717, 1.165) is 89.9 Å². The fourth-order valence-electron chi connectivity index (χ4n) is 8.79. The number of hydrogen-bond donors (Lipinski definition) is 2. The highest BCUT2D eigenvalue weighted by atomic mass is 31.2. The molecule has 434 valence electrons. The van der Waals surface area contributed by atoms with Crippen molar-refractivity contribution in [3.8, 4) is 0 Å². The van der Waals surface area contributed by atoms with Gasteiger partial charge in [0.15, 0.2) is 6.10 Å². The molecule has 74 heavy (non-hydrogen) atoms. The van der Waals surface area contributed by atoms with Crippen LogP contribution < -0.4 is 0 Å². The first kappa shape index (κ1) is 71.7. The maximum atomic E-state index is 12.9. The lowest BCUT2D eigenvalue weighted by molar-refractivity contribution is -0.161. The van der Waals surface area contributed by atoms with Crippen molar-refractivity contribution in [1.82, 2.24) is 0 Å². The fourth-order valence-corrected chi connectivity index (χ4v) is 9.58. The fraction of sp³-hybridized carbons (Fsp3) is 0.855. The van der Waals surface area contributed by atoms with E-state index in [4.69, 9.17) is 23.3 Å². The Hall–Kier alpha value is -2.30. The number of carbonyl (C=O) groups is 3. The Morgan fingerprint density at radius 2 is 0.662 bits per heavy atom. The Morgan fingerprint density at radius 1 is 0.378 bits per heavy atom. The Bertz CT molecular complexity index is 1380. The third kappa shape index (κ3) is 54.5. The van der Waals surface area contributed by atoms with E-state index >= 15 is 0 Å². The van der Waals surface area contributed by atoms with Gasteiger partial charge in [0.2, 0.25) is 0 Å². The van der Waals surface area contributed by atoms with Gasteiger partial charge >= 0.3 is 25.7 Å². The van der Waals surface area contributed by atoms with Gasteiger partial charge in [0, 0.05) is 19.3 Å². The molecule has 0 saturated carbocycles. The predicted molar refractivity (Wildman–Crippen MR) is 307 cm³/mol. The lowest BCUT2D eigenvalue weighted by atomic mass is 10.0. The van der Waals surface area contributed by atoms with Gasteiger partial charge in [-0.3, -0.25) is 23.4 Å². The molecule has 2 N–H and O–H groups in total. The van der Waals surface area contributed by atoms with Crippen LogP contribution in [-0.2, 0) is 42.2 Å². The third-order valence-electron chi connectivity index (χ3n) is 13.5. The quantitative estimate of drug-likeness (QED) is 0.0197. The van der Waals surface area contributed by atoms with Crippen molar-refractivity contribution in [3.63, 3.8) is 0 Å². The number of esters is 3. The summed E-state index contributed by atoms with van der Waals surface area (Å²) in [5, 5.41) is 9.82. The number of rotatable bonds is 58. The Kier molecular flexibility index (Phi) is 55.1. The maximum Gasteiger partial charge on any atom is 0.472 e. The highest BCUT2D eigenvalue weighted by molar-refractivity contribution is 7.47. The molecule has 3 unspecified atom stereocenters. The summed E-state index contributed by atoms with van der Waals surface area (Å²) in [5.74, 6) is -1.45. The second-order valence-corrected chi connectivity index (χ2v) is 22.3. The van der Waals surface area contributed by atoms with E-state index in [1.54, 1.807) is 0 Å². The van der Waals surface area contributed by atoms with E-state index in [2.05, 4.69) is 57.2 Å². The summed E-state index contributed by atoms with van der Waals surface area (Å²) in [6.07, 6.45) is 59.5. The van der Waals surface area contributed by atoms with Gasteiger partial charge in [-0.15, -0.1) is 0 Å². The van der Waals surface area contributed by atoms with Crippen molar-refractivity contribution in [3.05, 3.63) is 36.5 Å². The van der Waals surface area contributed by atoms with E-state index in [1.165, 1.54) is 154 Å². The zero-order valence-electron chi connectivity index (χ0n) is 48.1. The minimum absolute atomic E-state index is 0.170. The van der Waals surface area contributed by atoms with Crippen LogP contribution in [0.1, 0.15) is 303 Å². The lowest BCUT2D eigenvalue weighted by Crippen LogP contribution is -2.30. The number of allylic oxidation sites excluding steroid dienone is 6. The molecule has 0 aromatic heterocycles. The van der Waals surface area contributed by atoms with Gasteiger partial charge in [0.1, 0.15) is 12.7 Å². The minimum Gasteiger partial charge on any atom is -0.462 e. The van der Waals surface area contributed by atoms with Crippen LogP contribution >= 0.6 is 7.82 Å². The van der Waals surface area contributed by atoms with E-state index in [-0.39, 0.29) is 25.9 Å². The van der Waals surface area contributed by atoms with Gasteiger partial charge < -0.3 is 24.2 Å². The van der Waals surface area contributed by atoms with Crippen LogP contribution in [0.3, 0.4) is 0 Å². The summed E-state index contributed by atoms with van der Waals surface area (Å²) >= 11 is 0. The second-order valence-electron chi connectivity index (χ2n) is 20.9. The van der Waals surface area contributed by atoms with Gasteiger partial charge in [0.05, 0.1) is 19.8 Å². The predicted octanol–water partition coefficient (Wildman–Crippen LogP) is 18.4. The molecule has 0 aliphatic heterocycles. The lowest BCUT2D eigenvalue weighted by Gasteiger charge is -2.21. The van der Waals surface area contributed by atoms with Gasteiger partial charge in [0.25, 0.3) is 0 Å². The van der Waals surface area contributed by atoms with Crippen molar-refractivity contribution < 1.29 is 52.2 Å². The SMILES string of the molecule is CCCCC/C=C\C/C=C\CCCCCCCCCCCC(=O)OCC(COP(=O)(O)OCC(CO)OC(=O)CCCCCCC/C=C\CCCCCC)OC(=O)CCCCCCCCCCCCCCCCC. The van der Waals surface area contributed by atoms with Crippen LogP contribution in [-0.4, -0.2) is 66.5 Å². The van der Waals surface area contributed by atoms with Crippen molar-refractivity contribution in [2.45, 2.75) is 315 Å². The first-order chi connectivity index (χ1) is 36.2. The van der Waals surface area contributed by atoms with Gasteiger partial charge in [-0.05, 0) is 77.0 Å². The molecule has 0 aliphatic carbocycles. The molecule has 0 aromatic rings. The average molecular weight is 1070 g/mol. The van der Waals surface area contributed by atoms with Crippen LogP contribution in [0.2, 0.25) is 0 Å². The number of unbranched alkanes of at least 4 members (excludes halogenated alkanes) is 35. The van der Waals surface area contributed by atoms with Gasteiger partial charge in [-0.2, -0.15) is 0 Å². The standard InChI is InChI=1S/C62H115O11P/c1-4-7-10-13-16-19-22-25-27-28-29-30-32-34-36-39-42-45-48-51-60(64)69-55-59(73-62(66)53-50-47-44-41-38-35-31-26-23-20-17-14-11-8-5-2)57-71-74(67,68)70-56-58(54-63)72-61(65)52-49-46-43-40-37-33-24-21-18-15-12-9-6-3/h16,19,21,24-25,27,58-59,63H,4-15,17-18,20,22-23,26,28-57H2,1-3H3,(H,67,68)/b19-16-,24-21-,27-25-. The molecule has 0 fully saturated rings. The van der Waals surface area contributed by atoms with Crippen molar-refractivity contribution in [2.24, 2.45) is 0 Å². The molecule has 0 aliphatic rings. The largest absolute Gasteiger partial charge is 0.472 e. The Balaban J connectivity index is 4.68. The molecule has 3 atom stereocenters. The monoisotopic (exact) mass is 1070 g/mol. The number of phosphoric ester groups is 1. The number of aliphatic hydroxyl groups is 1. The molecular weight excluding hydrogens is 952 g/mol. The molecule has 11 nitrogen and oxygen atoms in total. The number of hydrogen-bond acceptors (Lipinski definition) is 10. The Labute approximate surface area is 454 Å². The normalized spacial score (nSPS) is 13.5. The second kappa shape index (κ2) is 56.9. The molecule has 12 heteroatoms. The minimum atomic E-state index is -4.75. The first-order valence-electron chi connectivity index (χ1n) is 30.9. The van der Waals surface area contributed by atoms with Crippen molar-refractivity contribution in [1.29, 1.82) is 0 Å². The summed E-state index contributed by atoms with van der Waals surface area (Å²) < 4.78 is 39.6. The van der Waals surface area contributed by atoms with Crippen LogP contribution in [0.15, 0.2) is 36.5 Å². The molecule has 0 saturated heterocycles. The maximum absolute atomic E-state index is 12.9. The van der Waals surface area contributed by atoms with Crippen LogP contribution in [0, 0.1) is 0 Å². The third-order valence-corrected chi connectivity index (χ3v) is 14.5. The summed E-state index contributed by atoms with van der Waals surface area (Å²) in [6.45, 7) is 4.64. The zero-order valence-corrected chi connectivity index (χ0v) is 49.0. The molecule has 0 spiro atoms. The smallest absolute Gasteiger partial charge is 0.462 e. The number of ether oxygens (including phenoxy) is 3. The van der Waals surface area contributed by atoms with E-state index in [9.17, 15) is 28.9 Å². The molecule has 0 rings (SSSR count). The number of carbonyl (C=O) groups excluding carboxylic acids is 3. The summed E-state index contributed by atoms with van der Waals surface area (Å²) in [4.78, 5) is 48.6. The topological polar surface area (TPSA) is 155 Å². The number of phosphoric acid groups is 1. The summed E-state index contributed by atoms with van der Waals surface area (Å²) in [6, 6.07) is 0. The Morgan fingerprint density at radius 3 is 1.05 bits per heavy atom. The highest BCUT2D eigenvalue weighted by Gasteiger charge is 2.28. The highest BCUT2D eigenvalue weighted by Crippen LogP contribution is 2.43. The molecular formula is C62H115O11P.